The molecule has 4 rings (SSSR count). The predicted octanol–water partition coefficient (Wildman–Crippen LogP) is 11.7. The highest BCUT2D eigenvalue weighted by atomic mass is 31.1. The first-order valence-corrected chi connectivity index (χ1v) is 18.4. The van der Waals surface area contributed by atoms with Gasteiger partial charge in [0.1, 0.15) is 0 Å². The fourth-order valence-corrected chi connectivity index (χ4v) is 11.3. The minimum atomic E-state index is -0.163. The topological polar surface area (TPSA) is 0 Å². The molecule has 42 heavy (non-hydrogen) atoms. The summed E-state index contributed by atoms with van der Waals surface area (Å²) in [5, 5.41) is 3.09. The molecule has 0 nitrogen and oxygen atoms in total. The second kappa shape index (κ2) is 18.9. The van der Waals surface area contributed by atoms with Crippen molar-refractivity contribution in [2.75, 3.05) is 0 Å². The maximum absolute atomic E-state index is 2.37. The zero-order valence-electron chi connectivity index (χ0n) is 27.8. The summed E-state index contributed by atoms with van der Waals surface area (Å²) in [5.41, 5.74) is 8.23. The number of benzene rings is 4. The average molecular weight is 597 g/mol. The fourth-order valence-electron chi connectivity index (χ4n) is 5.28. The van der Waals surface area contributed by atoms with Gasteiger partial charge in [0.15, 0.2) is 0 Å². The van der Waals surface area contributed by atoms with Crippen LogP contribution in [0.2, 0.25) is 0 Å². The second-order valence-corrected chi connectivity index (χ2v) is 18.7. The molecule has 0 aliphatic carbocycles. The van der Waals surface area contributed by atoms with Crippen molar-refractivity contribution in [3.05, 3.63) is 131 Å². The van der Waals surface area contributed by atoms with Crippen LogP contribution in [0, 0.1) is 13.8 Å². The molecule has 4 aromatic rings. The van der Waals surface area contributed by atoms with Gasteiger partial charge in [0.05, 0.1) is 0 Å². The summed E-state index contributed by atoms with van der Waals surface area (Å²) in [6.45, 7) is 23.2. The van der Waals surface area contributed by atoms with Gasteiger partial charge in [-0.3, -0.25) is 0 Å². The maximum atomic E-state index is 2.37. The van der Waals surface area contributed by atoms with Gasteiger partial charge in [0.25, 0.3) is 0 Å². The molecule has 0 amide bonds. The highest BCUT2D eigenvalue weighted by Crippen LogP contribution is 2.47. The monoisotopic (exact) mass is 596 g/mol. The molecule has 0 N–H and O–H groups in total. The molecule has 224 valence electrons. The lowest BCUT2D eigenvalue weighted by Gasteiger charge is -2.28. The van der Waals surface area contributed by atoms with Gasteiger partial charge in [-0.25, -0.2) is 0 Å². The minimum absolute atomic E-state index is 0.163. The third-order valence-corrected chi connectivity index (χ3v) is 13.4. The predicted molar refractivity (Wildman–Crippen MR) is 198 cm³/mol. The Morgan fingerprint density at radius 2 is 0.643 bits per heavy atom. The van der Waals surface area contributed by atoms with E-state index >= 15 is 0 Å². The first-order chi connectivity index (χ1) is 20.0. The highest BCUT2D eigenvalue weighted by Gasteiger charge is 2.22. The standard InChI is InChI=1S/C26H38P2.2C7H8/c1-19(2)27(20(3)4)25-15-11-9-13-23(25)17-18-24-14-10-12-16-26(24)28(21(5)6)22(7)8;2*1-7-5-3-2-4-6-7/h9-22H,1-8H3;2*2-6H,1H3/b18-17+;;. The molecular weight excluding hydrogens is 542 g/mol. The number of hydrogen-bond donors (Lipinski definition) is 0. The van der Waals surface area contributed by atoms with E-state index in [1.807, 2.05) is 36.4 Å². The molecule has 0 saturated carbocycles. The lowest BCUT2D eigenvalue weighted by atomic mass is 10.1. The van der Waals surface area contributed by atoms with E-state index < -0.39 is 0 Å². The number of aryl methyl sites for hydroxylation is 2. The molecule has 0 fully saturated rings. The quantitative estimate of drug-likeness (QED) is 0.140. The molecule has 0 unspecified atom stereocenters. The van der Waals surface area contributed by atoms with E-state index in [9.17, 15) is 0 Å². The van der Waals surface area contributed by atoms with Crippen LogP contribution in [-0.2, 0) is 0 Å². The zero-order chi connectivity index (χ0) is 31.1. The fraction of sp³-hybridized carbons (Fsp3) is 0.350. The van der Waals surface area contributed by atoms with Crippen molar-refractivity contribution in [2.24, 2.45) is 0 Å². The van der Waals surface area contributed by atoms with Crippen LogP contribution in [0.15, 0.2) is 109 Å². The van der Waals surface area contributed by atoms with Gasteiger partial charge in [0.2, 0.25) is 0 Å². The summed E-state index contributed by atoms with van der Waals surface area (Å²) in [4.78, 5) is 0. The Labute approximate surface area is 261 Å². The van der Waals surface area contributed by atoms with Gasteiger partial charge in [-0.1, -0.05) is 204 Å². The summed E-state index contributed by atoms with van der Waals surface area (Å²) in [7, 11) is -0.326. The van der Waals surface area contributed by atoms with Crippen LogP contribution in [0.25, 0.3) is 12.2 Å². The van der Waals surface area contributed by atoms with Gasteiger partial charge in [-0.05, 0) is 58.2 Å². The molecule has 0 aliphatic rings. The Morgan fingerprint density at radius 1 is 0.381 bits per heavy atom. The molecule has 2 heteroatoms. The van der Waals surface area contributed by atoms with Gasteiger partial charge in [-0.15, -0.1) is 0 Å². The summed E-state index contributed by atoms with van der Waals surface area (Å²) in [5.74, 6) is 0. The third-order valence-electron chi connectivity index (χ3n) is 6.98. The highest BCUT2D eigenvalue weighted by molar-refractivity contribution is 7.67. The van der Waals surface area contributed by atoms with Gasteiger partial charge >= 0.3 is 0 Å². The minimum Gasteiger partial charge on any atom is -0.0694 e. The average Bonchev–Trinajstić information content (AvgIpc) is 2.94. The summed E-state index contributed by atoms with van der Waals surface area (Å²) >= 11 is 0. The van der Waals surface area contributed by atoms with Crippen LogP contribution in [0.1, 0.15) is 77.6 Å². The Morgan fingerprint density at radius 3 is 0.881 bits per heavy atom. The Hall–Kier alpha value is -2.52. The van der Waals surface area contributed by atoms with Crippen molar-refractivity contribution in [3.8, 4) is 0 Å². The van der Waals surface area contributed by atoms with Crippen LogP contribution < -0.4 is 10.6 Å². The normalized spacial score (nSPS) is 11.3. The van der Waals surface area contributed by atoms with E-state index in [2.05, 4.69) is 154 Å². The van der Waals surface area contributed by atoms with Crippen molar-refractivity contribution in [2.45, 2.75) is 91.9 Å². The van der Waals surface area contributed by atoms with Crippen molar-refractivity contribution in [1.82, 2.24) is 0 Å². The van der Waals surface area contributed by atoms with Crippen LogP contribution in [0.5, 0.6) is 0 Å². The maximum Gasteiger partial charge on any atom is -0.0163 e. The lowest BCUT2D eigenvalue weighted by molar-refractivity contribution is 1.02. The van der Waals surface area contributed by atoms with Crippen LogP contribution in [0.3, 0.4) is 0 Å². The molecule has 0 radical (unpaired) electrons. The molecule has 0 aliphatic heterocycles. The molecule has 0 aromatic heterocycles. The smallest absolute Gasteiger partial charge is 0.0163 e. The Kier molecular flexibility index (Phi) is 16.1. The van der Waals surface area contributed by atoms with Gasteiger partial charge in [-0.2, -0.15) is 0 Å². The molecule has 4 aromatic carbocycles. The largest absolute Gasteiger partial charge is 0.0694 e. The van der Waals surface area contributed by atoms with Crippen LogP contribution in [-0.4, -0.2) is 22.6 Å². The first-order valence-electron chi connectivity index (χ1n) is 15.5. The third kappa shape index (κ3) is 12.0. The Balaban J connectivity index is 0.000000354. The lowest BCUT2D eigenvalue weighted by Crippen LogP contribution is -2.18. The van der Waals surface area contributed by atoms with Crippen LogP contribution in [0.4, 0.5) is 0 Å². The van der Waals surface area contributed by atoms with E-state index in [4.69, 9.17) is 0 Å². The van der Waals surface area contributed by atoms with Gasteiger partial charge < -0.3 is 0 Å². The van der Waals surface area contributed by atoms with Crippen molar-refractivity contribution < 1.29 is 0 Å². The van der Waals surface area contributed by atoms with Crippen molar-refractivity contribution >= 4 is 38.6 Å². The number of hydrogen-bond acceptors (Lipinski definition) is 0. The van der Waals surface area contributed by atoms with Crippen molar-refractivity contribution in [3.63, 3.8) is 0 Å². The number of rotatable bonds is 8. The van der Waals surface area contributed by atoms with E-state index in [-0.39, 0.29) is 15.8 Å². The van der Waals surface area contributed by atoms with E-state index in [1.165, 1.54) is 22.3 Å². The molecule has 0 bridgehead atoms. The van der Waals surface area contributed by atoms with Gasteiger partial charge in [0, 0.05) is 0 Å². The SMILES string of the molecule is CC(C)P(c1ccccc1/C=C/c1ccccc1P(C(C)C)C(C)C)C(C)C.Cc1ccccc1.Cc1ccccc1. The molecular formula is C40H54P2. The summed E-state index contributed by atoms with van der Waals surface area (Å²) in [6.07, 6.45) is 4.73. The first kappa shape index (κ1) is 35.7. The second-order valence-electron chi connectivity index (χ2n) is 11.9. The van der Waals surface area contributed by atoms with E-state index in [1.54, 1.807) is 10.6 Å². The van der Waals surface area contributed by atoms with E-state index in [0.717, 1.165) is 0 Å². The zero-order valence-corrected chi connectivity index (χ0v) is 29.5. The van der Waals surface area contributed by atoms with E-state index in [0.29, 0.717) is 22.6 Å². The Bertz CT molecular complexity index is 1180. The molecule has 0 spiro atoms. The van der Waals surface area contributed by atoms with Crippen molar-refractivity contribution in [1.29, 1.82) is 0 Å². The summed E-state index contributed by atoms with van der Waals surface area (Å²) in [6, 6.07) is 38.6. The molecule has 0 saturated heterocycles. The molecule has 0 atom stereocenters. The van der Waals surface area contributed by atoms with Crippen LogP contribution >= 0.6 is 15.8 Å². The summed E-state index contributed by atoms with van der Waals surface area (Å²) < 4.78 is 0. The molecule has 0 heterocycles.